The Kier molecular flexibility index (Phi) is 5.13. The van der Waals surface area contributed by atoms with Crippen molar-refractivity contribution in [2.75, 3.05) is 0 Å². The molecule has 0 saturated heterocycles. The molecule has 0 aromatic rings. The summed E-state index contributed by atoms with van der Waals surface area (Å²) in [5, 5.41) is 0. The topological polar surface area (TPSA) is 34.1 Å². The third-order valence-corrected chi connectivity index (χ3v) is 8.86. The van der Waals surface area contributed by atoms with Gasteiger partial charge in [0.05, 0.1) is 5.57 Å². The maximum absolute atomic E-state index is 13.8. The highest BCUT2D eigenvalue weighted by Crippen LogP contribution is 2.75. The van der Waals surface area contributed by atoms with E-state index in [1.54, 1.807) is 0 Å². The van der Waals surface area contributed by atoms with Gasteiger partial charge >= 0.3 is 0 Å². The fraction of sp³-hybridized carbons (Fsp3) is 0.769. The van der Waals surface area contributed by atoms with Crippen molar-refractivity contribution in [1.29, 1.82) is 0 Å². The van der Waals surface area contributed by atoms with Crippen LogP contribution in [0.2, 0.25) is 0 Å². The Morgan fingerprint density at radius 3 is 2.29 bits per heavy atom. The summed E-state index contributed by atoms with van der Waals surface area (Å²) < 4.78 is 0. The lowest BCUT2D eigenvalue weighted by molar-refractivity contribution is -0.132. The maximum atomic E-state index is 13.8. The Balaban J connectivity index is 2.21. The lowest BCUT2D eigenvalue weighted by atomic mass is 9.58. The van der Waals surface area contributed by atoms with Crippen LogP contribution in [0.4, 0.5) is 0 Å². The van der Waals surface area contributed by atoms with Crippen molar-refractivity contribution >= 4 is 11.6 Å². The van der Waals surface area contributed by atoms with E-state index in [0.29, 0.717) is 29.2 Å². The lowest BCUT2D eigenvalue weighted by Crippen LogP contribution is -2.45. The molecular weight excluding hydrogens is 344 g/mol. The van der Waals surface area contributed by atoms with Crippen LogP contribution in [0.1, 0.15) is 81.6 Å². The maximum Gasteiger partial charge on any atom is 0.172 e. The number of ketones is 2. The van der Waals surface area contributed by atoms with Gasteiger partial charge < -0.3 is 0 Å². The van der Waals surface area contributed by atoms with Crippen LogP contribution in [0.5, 0.6) is 0 Å². The highest BCUT2D eigenvalue weighted by atomic mass is 16.2. The van der Waals surface area contributed by atoms with Gasteiger partial charge in [-0.05, 0) is 67.6 Å². The quantitative estimate of drug-likeness (QED) is 0.405. The van der Waals surface area contributed by atoms with Gasteiger partial charge in [0.1, 0.15) is 0 Å². The number of fused-ring (bicyclic) bond motifs is 1. The molecule has 0 radical (unpaired) electrons. The number of Topliss-reactive ketones (excluding diaryl/α,β-unsaturated/α-hetero) is 2. The number of allylic oxidation sites excluding steroid dienone is 4. The van der Waals surface area contributed by atoms with Crippen molar-refractivity contribution < 1.29 is 9.59 Å². The zero-order valence-corrected chi connectivity index (χ0v) is 19.5. The Morgan fingerprint density at radius 2 is 1.79 bits per heavy atom. The largest absolute Gasteiger partial charge is 0.294 e. The van der Waals surface area contributed by atoms with E-state index in [4.69, 9.17) is 0 Å². The fourth-order valence-electron chi connectivity index (χ4n) is 7.23. The zero-order valence-electron chi connectivity index (χ0n) is 19.5. The third-order valence-electron chi connectivity index (χ3n) is 8.86. The summed E-state index contributed by atoms with van der Waals surface area (Å²) >= 11 is 0. The number of carbonyl (C=O) groups excluding carboxylic acids is 2. The van der Waals surface area contributed by atoms with E-state index < -0.39 is 5.41 Å². The predicted molar refractivity (Wildman–Crippen MR) is 116 cm³/mol. The molecule has 0 aromatic heterocycles. The summed E-state index contributed by atoms with van der Waals surface area (Å²) in [6.45, 7) is 19.9. The Morgan fingerprint density at radius 1 is 1.18 bits per heavy atom. The number of hydrogen-bond donors (Lipinski definition) is 0. The molecule has 3 aliphatic carbocycles. The summed E-state index contributed by atoms with van der Waals surface area (Å²) in [6, 6.07) is 0. The van der Waals surface area contributed by atoms with Crippen molar-refractivity contribution in [2.45, 2.75) is 81.6 Å². The van der Waals surface area contributed by atoms with Gasteiger partial charge in [0.25, 0.3) is 0 Å². The molecule has 0 aliphatic heterocycles. The van der Waals surface area contributed by atoms with Crippen molar-refractivity contribution in [3.05, 3.63) is 23.3 Å². The second-order valence-corrected chi connectivity index (χ2v) is 11.5. The van der Waals surface area contributed by atoms with Crippen molar-refractivity contribution in [3.63, 3.8) is 0 Å². The van der Waals surface area contributed by atoms with Crippen molar-refractivity contribution in [3.8, 4) is 0 Å². The SMILES string of the molecule is CC(C)=CCC12CC3C(C)(C)C(C(C)C)CC3(C=C(C(=O)C(C)C)C1=O)C2C. The molecular formula is C26H40O2. The van der Waals surface area contributed by atoms with Gasteiger partial charge in [-0.15, -0.1) is 0 Å². The standard InChI is InChI=1S/C26H40O2/c1-15(2)10-11-25-14-21-24(8,9)20(16(3)4)13-26(21,18(25)7)12-19(23(25)28)22(27)17(5)6/h10,12,16-18,20-21H,11,13-14H2,1-9H3. The van der Waals surface area contributed by atoms with E-state index >= 15 is 0 Å². The summed E-state index contributed by atoms with van der Waals surface area (Å²) in [7, 11) is 0. The average molecular weight is 385 g/mol. The van der Waals surface area contributed by atoms with E-state index in [9.17, 15) is 9.59 Å². The monoisotopic (exact) mass is 384 g/mol. The van der Waals surface area contributed by atoms with Gasteiger partial charge in [0, 0.05) is 11.3 Å². The van der Waals surface area contributed by atoms with E-state index in [-0.39, 0.29) is 28.3 Å². The number of hydrogen-bond acceptors (Lipinski definition) is 2. The highest BCUT2D eigenvalue weighted by Gasteiger charge is 2.72. The van der Waals surface area contributed by atoms with E-state index in [2.05, 4.69) is 60.6 Å². The van der Waals surface area contributed by atoms with Gasteiger partial charge in [-0.1, -0.05) is 66.2 Å². The van der Waals surface area contributed by atoms with Gasteiger partial charge in [-0.25, -0.2) is 0 Å². The van der Waals surface area contributed by atoms with Crippen LogP contribution in [0.25, 0.3) is 0 Å². The molecule has 0 N–H and O–H groups in total. The minimum atomic E-state index is -0.407. The molecule has 2 saturated carbocycles. The first-order valence-corrected chi connectivity index (χ1v) is 11.3. The molecule has 5 atom stereocenters. The molecule has 28 heavy (non-hydrogen) atoms. The summed E-state index contributed by atoms with van der Waals surface area (Å²) in [4.78, 5) is 26.9. The fourth-order valence-corrected chi connectivity index (χ4v) is 7.23. The molecule has 0 aromatic carbocycles. The van der Waals surface area contributed by atoms with E-state index in [1.165, 1.54) is 5.57 Å². The van der Waals surface area contributed by atoms with Crippen LogP contribution in [-0.2, 0) is 9.59 Å². The second-order valence-electron chi connectivity index (χ2n) is 11.5. The third kappa shape index (κ3) is 2.73. The minimum absolute atomic E-state index is 0.0122. The Labute approximate surface area is 172 Å². The van der Waals surface area contributed by atoms with Crippen LogP contribution in [-0.4, -0.2) is 11.6 Å². The molecule has 0 amide bonds. The van der Waals surface area contributed by atoms with Crippen LogP contribution in [0, 0.1) is 45.8 Å². The van der Waals surface area contributed by atoms with E-state index in [1.807, 2.05) is 13.8 Å². The van der Waals surface area contributed by atoms with Crippen molar-refractivity contribution in [2.24, 2.45) is 45.8 Å². The molecule has 3 aliphatic rings. The highest BCUT2D eigenvalue weighted by molar-refractivity contribution is 6.23. The smallest absolute Gasteiger partial charge is 0.172 e. The molecule has 2 nitrogen and oxygen atoms in total. The van der Waals surface area contributed by atoms with Gasteiger partial charge in [-0.2, -0.15) is 0 Å². The van der Waals surface area contributed by atoms with Gasteiger partial charge in [0.15, 0.2) is 11.6 Å². The Bertz CT molecular complexity index is 746. The number of carbonyl (C=O) groups is 2. The van der Waals surface area contributed by atoms with Crippen LogP contribution >= 0.6 is 0 Å². The molecule has 2 bridgehead atoms. The normalized spacial score (nSPS) is 38.6. The first kappa shape index (κ1) is 21.5. The second kappa shape index (κ2) is 6.67. The molecule has 1 spiro atoms. The molecule has 156 valence electrons. The molecule has 2 heteroatoms. The minimum Gasteiger partial charge on any atom is -0.294 e. The summed E-state index contributed by atoms with van der Waals surface area (Å²) in [5.74, 6) is 2.05. The van der Waals surface area contributed by atoms with Crippen LogP contribution in [0.15, 0.2) is 23.3 Å². The predicted octanol–water partition coefficient (Wildman–Crippen LogP) is 6.41. The lowest BCUT2D eigenvalue weighted by Gasteiger charge is -2.43. The van der Waals surface area contributed by atoms with Crippen molar-refractivity contribution in [1.82, 2.24) is 0 Å². The van der Waals surface area contributed by atoms with Gasteiger partial charge in [0.2, 0.25) is 0 Å². The first-order valence-electron chi connectivity index (χ1n) is 11.3. The molecule has 2 fully saturated rings. The summed E-state index contributed by atoms with van der Waals surface area (Å²) in [6.07, 6.45) is 7.24. The zero-order chi connectivity index (χ0) is 21.2. The van der Waals surface area contributed by atoms with Crippen LogP contribution < -0.4 is 0 Å². The first-order chi connectivity index (χ1) is 12.8. The Hall–Kier alpha value is -1.18. The number of rotatable bonds is 5. The summed E-state index contributed by atoms with van der Waals surface area (Å²) in [5.41, 5.74) is 1.55. The average Bonchev–Trinajstić information content (AvgIpc) is 2.91. The molecule has 0 heterocycles. The van der Waals surface area contributed by atoms with E-state index in [0.717, 1.165) is 19.3 Å². The van der Waals surface area contributed by atoms with Gasteiger partial charge in [-0.3, -0.25) is 9.59 Å². The van der Waals surface area contributed by atoms with Crippen LogP contribution in [0.3, 0.4) is 0 Å². The molecule has 5 unspecified atom stereocenters. The molecule has 3 rings (SSSR count).